The molecule has 0 bridgehead atoms. The largest absolute Gasteiger partial charge is 0.468 e. The number of aromatic amines is 1. The van der Waals surface area contributed by atoms with Gasteiger partial charge >= 0.3 is 5.97 Å². The third-order valence-electron chi connectivity index (χ3n) is 4.26. The Morgan fingerprint density at radius 1 is 1.36 bits per heavy atom. The average molecular weight is 347 g/mol. The van der Waals surface area contributed by atoms with Gasteiger partial charge in [-0.05, 0) is 37.1 Å². The molecule has 2 N–H and O–H groups in total. The fraction of sp³-hybridized carbons (Fsp3) is 0.353. The molecule has 7 nitrogen and oxygen atoms in total. The second kappa shape index (κ2) is 6.92. The van der Waals surface area contributed by atoms with Crippen LogP contribution in [-0.2, 0) is 14.3 Å². The first-order valence-electron chi connectivity index (χ1n) is 7.93. The zero-order valence-corrected chi connectivity index (χ0v) is 13.7. The lowest BCUT2D eigenvalue weighted by Gasteiger charge is -2.23. The third kappa shape index (κ3) is 3.47. The minimum Gasteiger partial charge on any atom is -0.468 e. The Bertz CT molecular complexity index is 832. The van der Waals surface area contributed by atoms with Crippen molar-refractivity contribution < 1.29 is 23.5 Å². The fourth-order valence-electron chi connectivity index (χ4n) is 3.01. The van der Waals surface area contributed by atoms with Crippen LogP contribution in [0.2, 0.25) is 0 Å². The highest BCUT2D eigenvalue weighted by Gasteiger charge is 2.35. The molecule has 3 rings (SSSR count). The van der Waals surface area contributed by atoms with Gasteiger partial charge in [-0.2, -0.15) is 0 Å². The number of nitrogens with one attached hydrogen (secondary N) is 2. The van der Waals surface area contributed by atoms with Gasteiger partial charge in [0.1, 0.15) is 24.1 Å². The number of esters is 1. The molecular formula is C17H18FN3O4. The van der Waals surface area contributed by atoms with Crippen LogP contribution in [0.25, 0.3) is 10.9 Å². The molecule has 2 amide bonds. The number of fused-ring (bicyclic) bond motifs is 1. The molecule has 1 fully saturated rings. The van der Waals surface area contributed by atoms with Crippen molar-refractivity contribution in [2.24, 2.45) is 0 Å². The maximum Gasteiger partial charge on any atom is 0.325 e. The van der Waals surface area contributed by atoms with Gasteiger partial charge in [-0.1, -0.05) is 0 Å². The maximum atomic E-state index is 13.3. The van der Waals surface area contributed by atoms with Crippen molar-refractivity contribution in [1.82, 2.24) is 15.2 Å². The molecule has 2 aromatic rings. The normalized spacial score (nSPS) is 16.9. The van der Waals surface area contributed by atoms with E-state index in [-0.39, 0.29) is 18.3 Å². The van der Waals surface area contributed by atoms with E-state index in [4.69, 9.17) is 0 Å². The van der Waals surface area contributed by atoms with Gasteiger partial charge in [0.25, 0.3) is 5.91 Å². The van der Waals surface area contributed by atoms with E-state index in [0.29, 0.717) is 36.0 Å². The van der Waals surface area contributed by atoms with Gasteiger partial charge in [0.05, 0.1) is 7.11 Å². The molecule has 132 valence electrons. The first-order chi connectivity index (χ1) is 12.0. The number of hydrogen-bond acceptors (Lipinski definition) is 4. The van der Waals surface area contributed by atoms with Crippen molar-refractivity contribution >= 4 is 28.7 Å². The summed E-state index contributed by atoms with van der Waals surface area (Å²) < 4.78 is 17.8. The van der Waals surface area contributed by atoms with Gasteiger partial charge in [-0.3, -0.25) is 14.4 Å². The molecule has 0 radical (unpaired) electrons. The van der Waals surface area contributed by atoms with E-state index in [1.165, 1.54) is 24.1 Å². The van der Waals surface area contributed by atoms with Crippen LogP contribution in [0.5, 0.6) is 0 Å². The molecule has 1 aromatic heterocycles. The molecule has 0 spiro atoms. The zero-order valence-electron chi connectivity index (χ0n) is 13.7. The molecule has 0 saturated carbocycles. The number of H-pyrrole nitrogens is 1. The highest BCUT2D eigenvalue weighted by Crippen LogP contribution is 2.23. The highest BCUT2D eigenvalue weighted by atomic mass is 19.1. The van der Waals surface area contributed by atoms with E-state index >= 15 is 0 Å². The predicted molar refractivity (Wildman–Crippen MR) is 87.3 cm³/mol. The fourth-order valence-corrected chi connectivity index (χ4v) is 3.01. The van der Waals surface area contributed by atoms with Crippen molar-refractivity contribution in [2.75, 3.05) is 20.2 Å². The van der Waals surface area contributed by atoms with E-state index in [0.717, 1.165) is 0 Å². The number of carbonyl (C=O) groups is 3. The average Bonchev–Trinajstić information content (AvgIpc) is 3.24. The van der Waals surface area contributed by atoms with Crippen LogP contribution >= 0.6 is 0 Å². The first-order valence-corrected chi connectivity index (χ1v) is 7.93. The monoisotopic (exact) mass is 347 g/mol. The number of amides is 2. The summed E-state index contributed by atoms with van der Waals surface area (Å²) in [6, 6.07) is 5.15. The number of carbonyl (C=O) groups excluding carboxylic acids is 3. The Morgan fingerprint density at radius 2 is 2.16 bits per heavy atom. The molecule has 8 heteroatoms. The summed E-state index contributed by atoms with van der Waals surface area (Å²) >= 11 is 0. The van der Waals surface area contributed by atoms with E-state index in [9.17, 15) is 18.8 Å². The topological polar surface area (TPSA) is 91.5 Å². The van der Waals surface area contributed by atoms with Crippen LogP contribution in [0.1, 0.15) is 23.3 Å². The second-order valence-electron chi connectivity index (χ2n) is 5.87. The SMILES string of the molecule is COC(=O)CNC(=O)C1CCCN1C(=O)c1cc2cc(F)ccc2[nH]1. The van der Waals surface area contributed by atoms with Gasteiger partial charge in [-0.25, -0.2) is 4.39 Å². The van der Waals surface area contributed by atoms with Crippen LogP contribution in [0.4, 0.5) is 4.39 Å². The van der Waals surface area contributed by atoms with Gasteiger partial charge in [0.15, 0.2) is 0 Å². The Balaban J connectivity index is 1.75. The molecule has 1 aromatic carbocycles. The maximum absolute atomic E-state index is 13.3. The number of benzene rings is 1. The van der Waals surface area contributed by atoms with E-state index in [2.05, 4.69) is 15.0 Å². The Morgan fingerprint density at radius 3 is 2.92 bits per heavy atom. The number of likely N-dealkylation sites (tertiary alicyclic amines) is 1. The van der Waals surface area contributed by atoms with E-state index in [1.54, 1.807) is 12.1 Å². The molecule has 2 heterocycles. The van der Waals surface area contributed by atoms with Crippen LogP contribution < -0.4 is 5.32 Å². The van der Waals surface area contributed by atoms with Crippen molar-refractivity contribution in [3.05, 3.63) is 35.8 Å². The number of aromatic nitrogens is 1. The number of methoxy groups -OCH3 is 1. The Labute approximate surface area is 143 Å². The molecule has 1 aliphatic rings. The molecule has 1 aliphatic heterocycles. The minimum absolute atomic E-state index is 0.237. The summed E-state index contributed by atoms with van der Waals surface area (Å²) in [6.07, 6.45) is 1.21. The summed E-state index contributed by atoms with van der Waals surface area (Å²) in [5.74, 6) is -1.65. The lowest BCUT2D eigenvalue weighted by molar-refractivity contribution is -0.141. The lowest BCUT2D eigenvalue weighted by Crippen LogP contribution is -2.47. The second-order valence-corrected chi connectivity index (χ2v) is 5.87. The predicted octanol–water partition coefficient (Wildman–Crippen LogP) is 1.20. The Hall–Kier alpha value is -2.90. The highest BCUT2D eigenvalue weighted by molar-refractivity contribution is 6.00. The van der Waals surface area contributed by atoms with Crippen molar-refractivity contribution in [2.45, 2.75) is 18.9 Å². The zero-order chi connectivity index (χ0) is 18.0. The Kier molecular flexibility index (Phi) is 4.69. The molecule has 1 unspecified atom stereocenters. The number of hydrogen-bond donors (Lipinski definition) is 2. The van der Waals surface area contributed by atoms with Gasteiger partial charge in [0.2, 0.25) is 5.91 Å². The minimum atomic E-state index is -0.639. The summed E-state index contributed by atoms with van der Waals surface area (Å²) in [5.41, 5.74) is 0.948. The quantitative estimate of drug-likeness (QED) is 0.813. The van der Waals surface area contributed by atoms with Crippen LogP contribution in [0, 0.1) is 5.82 Å². The smallest absolute Gasteiger partial charge is 0.325 e. The molecule has 1 atom stereocenters. The standard InChI is InChI=1S/C17H18FN3O4/c1-25-15(22)9-19-16(23)14-3-2-6-21(14)17(24)13-8-10-7-11(18)4-5-12(10)20-13/h4-5,7-8,14,20H,2-3,6,9H2,1H3,(H,19,23). The van der Waals surface area contributed by atoms with Gasteiger partial charge in [0, 0.05) is 17.4 Å². The summed E-state index contributed by atoms with van der Waals surface area (Å²) in [7, 11) is 1.23. The van der Waals surface area contributed by atoms with Gasteiger partial charge < -0.3 is 19.9 Å². The summed E-state index contributed by atoms with van der Waals surface area (Å²) in [4.78, 5) is 40.6. The number of halogens is 1. The van der Waals surface area contributed by atoms with Crippen LogP contribution in [0.15, 0.2) is 24.3 Å². The van der Waals surface area contributed by atoms with Crippen molar-refractivity contribution in [3.8, 4) is 0 Å². The third-order valence-corrected chi connectivity index (χ3v) is 4.26. The van der Waals surface area contributed by atoms with Gasteiger partial charge in [-0.15, -0.1) is 0 Å². The number of nitrogens with zero attached hydrogens (tertiary/aromatic N) is 1. The van der Waals surface area contributed by atoms with E-state index < -0.39 is 17.9 Å². The van der Waals surface area contributed by atoms with Crippen LogP contribution in [0.3, 0.4) is 0 Å². The molecule has 1 saturated heterocycles. The van der Waals surface area contributed by atoms with Crippen molar-refractivity contribution in [3.63, 3.8) is 0 Å². The first kappa shape index (κ1) is 16.9. The number of rotatable bonds is 4. The molecular weight excluding hydrogens is 329 g/mol. The molecule has 25 heavy (non-hydrogen) atoms. The summed E-state index contributed by atoms with van der Waals surface area (Å²) in [5, 5.41) is 3.07. The van der Waals surface area contributed by atoms with E-state index in [1.807, 2.05) is 0 Å². The number of ether oxygens (including phenoxy) is 1. The lowest BCUT2D eigenvalue weighted by atomic mass is 10.2. The summed E-state index contributed by atoms with van der Waals surface area (Å²) in [6.45, 7) is 0.207. The van der Waals surface area contributed by atoms with Crippen LogP contribution in [-0.4, -0.2) is 53.9 Å². The van der Waals surface area contributed by atoms with Crippen molar-refractivity contribution in [1.29, 1.82) is 0 Å². The molecule has 0 aliphatic carbocycles.